The van der Waals surface area contributed by atoms with E-state index >= 15 is 0 Å². The summed E-state index contributed by atoms with van der Waals surface area (Å²) >= 11 is 0. The molecule has 0 spiro atoms. The molecular weight excluding hydrogens is 186 g/mol. The van der Waals surface area contributed by atoms with Crippen molar-refractivity contribution in [2.75, 3.05) is 6.54 Å². The lowest BCUT2D eigenvalue weighted by Crippen LogP contribution is -2.37. The average molecular weight is 211 g/mol. The number of hydrogen-bond donors (Lipinski definition) is 1. The Morgan fingerprint density at radius 3 is 2.20 bits per heavy atom. The van der Waals surface area contributed by atoms with Crippen molar-refractivity contribution in [3.63, 3.8) is 0 Å². The summed E-state index contributed by atoms with van der Waals surface area (Å²) in [6.45, 7) is 9.52. The molecule has 0 radical (unpaired) electrons. The summed E-state index contributed by atoms with van der Waals surface area (Å²) < 4.78 is 0. The van der Waals surface area contributed by atoms with Crippen LogP contribution < -0.4 is 5.32 Å². The normalized spacial score (nSPS) is 27.5. The number of hydrogen-bond acceptors (Lipinski definition) is 1. The Hall–Kier alpha value is -0.530. The largest absolute Gasteiger partial charge is 0.355 e. The van der Waals surface area contributed by atoms with E-state index in [4.69, 9.17) is 0 Å². The molecule has 0 saturated heterocycles. The van der Waals surface area contributed by atoms with E-state index in [0.29, 0.717) is 0 Å². The van der Waals surface area contributed by atoms with Gasteiger partial charge in [-0.1, -0.05) is 27.7 Å². The smallest absolute Gasteiger partial charge is 0.223 e. The minimum absolute atomic E-state index is 0.192. The lowest BCUT2D eigenvalue weighted by atomic mass is 9.82. The second kappa shape index (κ2) is 5.00. The second-order valence-corrected chi connectivity index (χ2v) is 6.24. The maximum absolute atomic E-state index is 11.8. The lowest BCUT2D eigenvalue weighted by Gasteiger charge is -2.27. The van der Waals surface area contributed by atoms with Crippen LogP contribution in [0.3, 0.4) is 0 Å². The third-order valence-corrected chi connectivity index (χ3v) is 3.18. The molecule has 0 aromatic carbocycles. The molecule has 88 valence electrons. The number of rotatable bonds is 2. The Labute approximate surface area is 93.8 Å². The van der Waals surface area contributed by atoms with Crippen LogP contribution in [0, 0.1) is 17.3 Å². The summed E-state index contributed by atoms with van der Waals surface area (Å²) in [6, 6.07) is 0. The maximum Gasteiger partial charge on any atom is 0.223 e. The van der Waals surface area contributed by atoms with Crippen molar-refractivity contribution in [3.8, 4) is 0 Å². The van der Waals surface area contributed by atoms with Gasteiger partial charge in [0, 0.05) is 12.5 Å². The molecule has 0 atom stereocenters. The number of amides is 1. The van der Waals surface area contributed by atoms with Crippen LogP contribution in [0.5, 0.6) is 0 Å². The molecule has 2 nitrogen and oxygen atoms in total. The highest BCUT2D eigenvalue weighted by atomic mass is 16.1. The van der Waals surface area contributed by atoms with Gasteiger partial charge in [0.05, 0.1) is 0 Å². The van der Waals surface area contributed by atoms with E-state index < -0.39 is 0 Å². The van der Waals surface area contributed by atoms with E-state index in [1.54, 1.807) is 0 Å². The van der Waals surface area contributed by atoms with Crippen LogP contribution in [0.15, 0.2) is 0 Å². The fourth-order valence-corrected chi connectivity index (χ4v) is 2.02. The molecule has 0 bridgehead atoms. The van der Waals surface area contributed by atoms with Crippen molar-refractivity contribution >= 4 is 5.91 Å². The number of nitrogens with one attached hydrogen (secondary N) is 1. The van der Waals surface area contributed by atoms with Crippen molar-refractivity contribution in [2.45, 2.75) is 53.4 Å². The average Bonchev–Trinajstić information content (AvgIpc) is 2.14. The van der Waals surface area contributed by atoms with E-state index in [1.165, 1.54) is 12.8 Å². The summed E-state index contributed by atoms with van der Waals surface area (Å²) in [5.74, 6) is 1.37. The van der Waals surface area contributed by atoms with Gasteiger partial charge in [-0.25, -0.2) is 0 Å². The zero-order valence-corrected chi connectivity index (χ0v) is 10.6. The highest BCUT2D eigenvalue weighted by Gasteiger charge is 2.24. The first kappa shape index (κ1) is 12.5. The monoisotopic (exact) mass is 211 g/mol. The van der Waals surface area contributed by atoms with Gasteiger partial charge >= 0.3 is 0 Å². The zero-order valence-electron chi connectivity index (χ0n) is 10.6. The fourth-order valence-electron chi connectivity index (χ4n) is 2.02. The van der Waals surface area contributed by atoms with Gasteiger partial charge in [0.25, 0.3) is 0 Å². The Balaban J connectivity index is 2.29. The van der Waals surface area contributed by atoms with Gasteiger partial charge in [-0.2, -0.15) is 0 Å². The molecule has 0 aliphatic heterocycles. The van der Waals surface area contributed by atoms with E-state index in [9.17, 15) is 4.79 Å². The first-order valence-corrected chi connectivity index (χ1v) is 6.16. The Kier molecular flexibility index (Phi) is 4.18. The molecular formula is C13H25NO. The summed E-state index contributed by atoms with van der Waals surface area (Å²) in [5, 5.41) is 3.07. The van der Waals surface area contributed by atoms with Crippen molar-refractivity contribution in [1.82, 2.24) is 5.32 Å². The van der Waals surface area contributed by atoms with Crippen molar-refractivity contribution in [2.24, 2.45) is 17.3 Å². The molecule has 1 saturated carbocycles. The van der Waals surface area contributed by atoms with E-state index in [1.807, 2.05) is 0 Å². The van der Waals surface area contributed by atoms with Gasteiger partial charge in [-0.05, 0) is 37.0 Å². The molecule has 1 N–H and O–H groups in total. The van der Waals surface area contributed by atoms with Crippen LogP contribution in [0.4, 0.5) is 0 Å². The summed E-state index contributed by atoms with van der Waals surface area (Å²) in [6.07, 6.45) is 4.59. The third kappa shape index (κ3) is 4.67. The van der Waals surface area contributed by atoms with Gasteiger partial charge in [0.15, 0.2) is 0 Å². The SMILES string of the molecule is CC(C)(C)CNC(=O)[C@H]1CC[C@H](C)CC1. The van der Waals surface area contributed by atoms with Crippen molar-refractivity contribution < 1.29 is 4.79 Å². The molecule has 1 aliphatic carbocycles. The van der Waals surface area contributed by atoms with Crippen molar-refractivity contribution in [1.29, 1.82) is 0 Å². The van der Waals surface area contributed by atoms with Gasteiger partial charge in [0.2, 0.25) is 5.91 Å². The van der Waals surface area contributed by atoms with Crippen molar-refractivity contribution in [3.05, 3.63) is 0 Å². The number of carbonyl (C=O) groups excluding carboxylic acids is 1. The third-order valence-electron chi connectivity index (χ3n) is 3.18. The highest BCUT2D eigenvalue weighted by molar-refractivity contribution is 5.78. The molecule has 15 heavy (non-hydrogen) atoms. The van der Waals surface area contributed by atoms with Crippen LogP contribution in [-0.2, 0) is 4.79 Å². The summed E-state index contributed by atoms with van der Waals surface area (Å²) in [5.41, 5.74) is 0.192. The minimum Gasteiger partial charge on any atom is -0.355 e. The molecule has 1 aliphatic rings. The van der Waals surface area contributed by atoms with E-state index in [2.05, 4.69) is 33.0 Å². The number of carbonyl (C=O) groups is 1. The summed E-state index contributed by atoms with van der Waals surface area (Å²) in [7, 11) is 0. The molecule has 0 unspecified atom stereocenters. The molecule has 0 aromatic heterocycles. The van der Waals surface area contributed by atoms with Crippen LogP contribution >= 0.6 is 0 Å². The van der Waals surface area contributed by atoms with Crippen LogP contribution in [0.2, 0.25) is 0 Å². The van der Waals surface area contributed by atoms with Gasteiger partial charge in [-0.3, -0.25) is 4.79 Å². The second-order valence-electron chi connectivity index (χ2n) is 6.24. The molecule has 1 fully saturated rings. The Morgan fingerprint density at radius 1 is 1.20 bits per heavy atom. The van der Waals surface area contributed by atoms with Gasteiger partial charge in [-0.15, -0.1) is 0 Å². The van der Waals surface area contributed by atoms with Gasteiger partial charge < -0.3 is 5.32 Å². The minimum atomic E-state index is 0.192. The zero-order chi connectivity index (χ0) is 11.5. The standard InChI is InChI=1S/C13H25NO/c1-10-5-7-11(8-6-10)12(15)14-9-13(2,3)4/h10-11H,5-9H2,1-4H3,(H,14,15)/t10-,11-. The lowest BCUT2D eigenvalue weighted by molar-refractivity contribution is -0.126. The van der Waals surface area contributed by atoms with Gasteiger partial charge in [0.1, 0.15) is 0 Å². The first-order chi connectivity index (χ1) is 6.88. The Bertz CT molecular complexity index is 209. The predicted octanol–water partition coefficient (Wildman–Crippen LogP) is 2.98. The highest BCUT2D eigenvalue weighted by Crippen LogP contribution is 2.28. The van der Waals surface area contributed by atoms with E-state index in [0.717, 1.165) is 25.3 Å². The predicted molar refractivity (Wildman–Crippen MR) is 63.6 cm³/mol. The Morgan fingerprint density at radius 2 is 1.73 bits per heavy atom. The fraction of sp³-hybridized carbons (Fsp3) is 0.923. The molecule has 2 heteroatoms. The first-order valence-electron chi connectivity index (χ1n) is 6.16. The van der Waals surface area contributed by atoms with Crippen LogP contribution in [-0.4, -0.2) is 12.5 Å². The topological polar surface area (TPSA) is 29.1 Å². The van der Waals surface area contributed by atoms with E-state index in [-0.39, 0.29) is 17.2 Å². The molecule has 0 aromatic rings. The molecule has 1 amide bonds. The van der Waals surface area contributed by atoms with Crippen LogP contribution in [0.1, 0.15) is 53.4 Å². The quantitative estimate of drug-likeness (QED) is 0.747. The maximum atomic E-state index is 11.8. The van der Waals surface area contributed by atoms with Crippen LogP contribution in [0.25, 0.3) is 0 Å². The molecule has 1 rings (SSSR count). The summed E-state index contributed by atoms with van der Waals surface area (Å²) in [4.78, 5) is 11.8. The molecule has 0 heterocycles.